The Morgan fingerprint density at radius 2 is 0.500 bits per heavy atom. The van der Waals surface area contributed by atoms with Crippen molar-refractivity contribution in [1.82, 2.24) is 0 Å². The van der Waals surface area contributed by atoms with Crippen molar-refractivity contribution in [2.75, 3.05) is 0 Å². The van der Waals surface area contributed by atoms with E-state index in [4.69, 9.17) is 0 Å². The molecule has 1 radical (unpaired) electrons. The Hall–Kier alpha value is 0.877. The summed E-state index contributed by atoms with van der Waals surface area (Å²) in [6.45, 7) is 0. The van der Waals surface area contributed by atoms with Gasteiger partial charge in [-0.1, -0.05) is 0 Å². The molecule has 0 unspecified atom stereocenters. The minimum atomic E-state index is 0. The van der Waals surface area contributed by atoms with Gasteiger partial charge in [-0.15, -0.1) is 0 Å². The van der Waals surface area contributed by atoms with Crippen molar-refractivity contribution in [3.8, 4) is 0 Å². The second kappa shape index (κ2) is 484. The van der Waals surface area contributed by atoms with Crippen molar-refractivity contribution in [3.63, 3.8) is 0 Å². The quantitative estimate of drug-likeness (QED) is 0.356. The van der Waals surface area contributed by atoms with Gasteiger partial charge in [0.05, 0.1) is 0 Å². The van der Waals surface area contributed by atoms with E-state index in [0.29, 0.717) is 0 Å². The molecule has 0 spiro atoms. The molecule has 0 atom stereocenters. The number of hydrogen-bond donors (Lipinski definition) is 0. The Kier molecular flexibility index (Phi) is 43400. The molecule has 4 N–H and O–H groups in total. The molecule has 0 saturated carbocycles. The molecule has 0 bridgehead atoms. The Morgan fingerprint density at radius 3 is 0.500 bits per heavy atom. The van der Waals surface area contributed by atoms with E-state index in [1.165, 1.54) is 0 Å². The van der Waals surface area contributed by atoms with Crippen molar-refractivity contribution < 1.29 is 51.4 Å². The largest absolute Gasteiger partial charge is 3.00 e. The maximum Gasteiger partial charge on any atom is 3.00 e. The van der Waals surface area contributed by atoms with Gasteiger partial charge in [-0.3, -0.25) is 0 Å². The summed E-state index contributed by atoms with van der Waals surface area (Å²) < 4.78 is 0. The first kappa shape index (κ1) is 716. The third-order valence-electron chi connectivity index (χ3n) is 0. The van der Waals surface area contributed by atoms with Crippen LogP contribution < -0.4 is 0 Å². The summed E-state index contributed by atoms with van der Waals surface area (Å²) in [5.74, 6) is 0. The number of rotatable bonds is 0. The molecule has 8 heteroatoms. The normalized spacial score (nSPS) is 0. The molecule has 0 rings (SSSR count). The van der Waals surface area contributed by atoms with Crippen LogP contribution in [0.4, 0.5) is 0 Å². The van der Waals surface area contributed by atoms with Crippen LogP contribution in [-0.2, 0) is 40.5 Å². The van der Waals surface area contributed by atoms with E-state index >= 15 is 0 Å². The Bertz CT molecular complexity index is 8.49. The monoisotopic (exact) mass is 178 g/mol. The van der Waals surface area contributed by atoms with E-state index in [1.807, 2.05) is 0 Å². The average Bonchev–Trinajstić information content (AvgIpc) is 0. The molecule has 0 aliphatic rings. The van der Waals surface area contributed by atoms with E-state index in [1.54, 1.807) is 0 Å². The van der Waals surface area contributed by atoms with Gasteiger partial charge in [-0.05, 0) is 0 Å². The van der Waals surface area contributed by atoms with Crippen molar-refractivity contribution in [2.24, 2.45) is 0 Å². The molecular weight excluding hydrogens is 174 g/mol. The minimum absolute atomic E-state index is 0. The van der Waals surface area contributed by atoms with E-state index in [0.717, 1.165) is 0 Å². The maximum atomic E-state index is 0. The third kappa shape index (κ3) is 309. The Morgan fingerprint density at radius 1 is 0.500 bits per heavy atom. The van der Waals surface area contributed by atoms with Gasteiger partial charge in [-0.2, -0.15) is 0 Å². The van der Waals surface area contributed by atoms with Crippen LogP contribution in [0.2, 0.25) is 0 Å². The van der Waals surface area contributed by atoms with Gasteiger partial charge >= 0.3 is 17.4 Å². The van der Waals surface area contributed by atoms with E-state index in [-0.39, 0.29) is 68.8 Å². The smallest absolute Gasteiger partial charge is 2.00 e. The first-order valence-corrected chi connectivity index (χ1v) is 0. The zero-order chi connectivity index (χ0) is 0. The first-order valence-electron chi connectivity index (χ1n) is 0. The van der Waals surface area contributed by atoms with Gasteiger partial charge in [0.2, 0.25) is 0 Å². The maximum absolute atomic E-state index is 0. The summed E-state index contributed by atoms with van der Waals surface area (Å²) >= 11 is 0. The van der Waals surface area contributed by atoms with Gasteiger partial charge in [-0.25, -0.2) is 0 Å². The topological polar surface area (TPSA) is 177 Å². The summed E-state index contributed by atoms with van der Waals surface area (Å²) in [5, 5.41) is 0. The standard InChI is InChI=1S/Al.2H2O.4O.V/h;2*1H2;;;;;/q+3;;;4*-2;. The molecule has 6 nitrogen and oxygen atoms in total. The minimum Gasteiger partial charge on any atom is -2.00 e. The summed E-state index contributed by atoms with van der Waals surface area (Å²) in [4.78, 5) is 0. The van der Waals surface area contributed by atoms with E-state index in [9.17, 15) is 0 Å². The molecule has 0 aromatic rings. The zero-order valence-electron chi connectivity index (χ0n) is 3.66. The molecular formula is H4AlO6V-5. The zero-order valence-corrected chi connectivity index (χ0v) is 6.21. The molecule has 53 valence electrons. The van der Waals surface area contributed by atoms with Crippen molar-refractivity contribution >= 4 is 17.4 Å². The van der Waals surface area contributed by atoms with Gasteiger partial charge in [0, 0.05) is 18.6 Å². The van der Waals surface area contributed by atoms with Crippen LogP contribution in [0.5, 0.6) is 0 Å². The van der Waals surface area contributed by atoms with Crippen LogP contribution in [0.1, 0.15) is 0 Å². The van der Waals surface area contributed by atoms with Crippen LogP contribution in [0.3, 0.4) is 0 Å². The van der Waals surface area contributed by atoms with Gasteiger partial charge < -0.3 is 32.9 Å². The summed E-state index contributed by atoms with van der Waals surface area (Å²) in [5.41, 5.74) is 0. The van der Waals surface area contributed by atoms with Crippen molar-refractivity contribution in [3.05, 3.63) is 0 Å². The summed E-state index contributed by atoms with van der Waals surface area (Å²) in [6.07, 6.45) is 0. The molecule has 0 fully saturated rings. The average molecular weight is 178 g/mol. The molecule has 0 aromatic heterocycles. The fourth-order valence-corrected chi connectivity index (χ4v) is 0. The molecule has 0 heterocycles. The molecule has 0 aromatic carbocycles. The third-order valence-corrected chi connectivity index (χ3v) is 0. The van der Waals surface area contributed by atoms with Crippen LogP contribution >= 0.6 is 0 Å². The summed E-state index contributed by atoms with van der Waals surface area (Å²) in [7, 11) is 0. The van der Waals surface area contributed by atoms with Gasteiger partial charge in [0.25, 0.3) is 0 Å². The van der Waals surface area contributed by atoms with Crippen LogP contribution in [0.15, 0.2) is 0 Å². The fraction of sp³-hybridized carbons (Fsp3) is 0. The van der Waals surface area contributed by atoms with Crippen molar-refractivity contribution in [2.45, 2.75) is 0 Å². The number of hydrogen-bond acceptors (Lipinski definition) is 0. The Labute approximate surface area is 69.1 Å². The van der Waals surface area contributed by atoms with Gasteiger partial charge in [0.15, 0.2) is 0 Å². The first-order chi connectivity index (χ1) is 0. The van der Waals surface area contributed by atoms with E-state index < -0.39 is 0 Å². The van der Waals surface area contributed by atoms with Crippen LogP contribution in [0.25, 0.3) is 0 Å². The molecule has 8 heavy (non-hydrogen) atoms. The second-order valence-electron chi connectivity index (χ2n) is 0. The molecule has 0 aliphatic carbocycles. The van der Waals surface area contributed by atoms with Crippen LogP contribution in [0, 0.1) is 0 Å². The van der Waals surface area contributed by atoms with Crippen LogP contribution in [-0.4, -0.2) is 28.3 Å². The summed E-state index contributed by atoms with van der Waals surface area (Å²) in [6, 6.07) is 0. The molecule has 0 aliphatic heterocycles. The molecule has 0 amide bonds. The van der Waals surface area contributed by atoms with Crippen molar-refractivity contribution in [1.29, 1.82) is 0 Å². The van der Waals surface area contributed by atoms with Gasteiger partial charge in [0.1, 0.15) is 0 Å². The predicted octanol–water partition coefficient (Wildman–Crippen LogP) is -2.51. The fourth-order valence-electron chi connectivity index (χ4n) is 0. The second-order valence-corrected chi connectivity index (χ2v) is 0. The van der Waals surface area contributed by atoms with E-state index in [2.05, 4.69) is 0 Å². The SMILES string of the molecule is O.O.[Al+3].[O-2].[O-2].[O-2].[O-2].[V]. The molecule has 0 saturated heterocycles. The Balaban J connectivity index is 0. The predicted molar refractivity (Wildman–Crippen MR) is 15.7 cm³/mol.